The molecule has 0 aromatic heterocycles. The third-order valence-electron chi connectivity index (χ3n) is 1.53. The quantitative estimate of drug-likeness (QED) is 0.295. The van der Waals surface area contributed by atoms with Crippen LogP contribution in [0.5, 0.6) is 0 Å². The molecular formula is C7H9NaO9. The molecule has 0 aliphatic carbocycles. The summed E-state index contributed by atoms with van der Waals surface area (Å²) in [5.74, 6) is -7.51. The molecule has 9 nitrogen and oxygen atoms in total. The van der Waals surface area contributed by atoms with Crippen molar-refractivity contribution in [2.24, 2.45) is 0 Å². The molecule has 0 atom stereocenters. The molecule has 0 unspecified atom stereocenters. The van der Waals surface area contributed by atoms with Crippen LogP contribution in [0.2, 0.25) is 0 Å². The van der Waals surface area contributed by atoms with Crippen LogP contribution in [-0.4, -0.2) is 86.1 Å². The van der Waals surface area contributed by atoms with Crippen LogP contribution in [0.15, 0.2) is 0 Å². The third kappa shape index (κ3) is 5.13. The molecule has 0 bridgehead atoms. The van der Waals surface area contributed by atoms with Crippen molar-refractivity contribution in [2.75, 3.05) is 6.61 Å². The van der Waals surface area contributed by atoms with Gasteiger partial charge in [0.2, 0.25) is 0 Å². The predicted octanol–water partition coefficient (Wildman–Crippen LogP) is -2.18. The molecule has 0 rings (SSSR count). The first-order chi connectivity index (χ1) is 7.22. The van der Waals surface area contributed by atoms with Gasteiger partial charge in [0.1, 0.15) is 6.61 Å². The monoisotopic (exact) mass is 260 g/mol. The molecule has 0 aliphatic heterocycles. The van der Waals surface area contributed by atoms with Crippen LogP contribution in [-0.2, 0) is 23.9 Å². The van der Waals surface area contributed by atoms with E-state index in [0.717, 1.165) is 0 Å². The van der Waals surface area contributed by atoms with Crippen LogP contribution in [0.4, 0.5) is 0 Å². The predicted molar refractivity (Wildman–Crippen MR) is 51.0 cm³/mol. The van der Waals surface area contributed by atoms with E-state index < -0.39 is 42.5 Å². The second-order valence-electron chi connectivity index (χ2n) is 2.69. The molecule has 0 aliphatic rings. The molecule has 0 spiro atoms. The third-order valence-corrected chi connectivity index (χ3v) is 1.53. The van der Waals surface area contributed by atoms with E-state index in [1.165, 1.54) is 0 Å². The van der Waals surface area contributed by atoms with Crippen LogP contribution in [0.25, 0.3) is 0 Å². The minimum absolute atomic E-state index is 0. The fourth-order valence-corrected chi connectivity index (χ4v) is 0.815. The maximum absolute atomic E-state index is 10.6. The topological polar surface area (TPSA) is 158 Å². The molecule has 17 heavy (non-hydrogen) atoms. The van der Waals surface area contributed by atoms with Crippen LogP contribution >= 0.6 is 0 Å². The summed E-state index contributed by atoms with van der Waals surface area (Å²) in [6.45, 7) is -1.23. The van der Waals surface area contributed by atoms with Gasteiger partial charge in [0.15, 0.2) is 0 Å². The Morgan fingerprint density at radius 2 is 1.29 bits per heavy atom. The summed E-state index contributed by atoms with van der Waals surface area (Å²) in [4.78, 5) is 41.7. The molecule has 0 saturated carbocycles. The van der Waals surface area contributed by atoms with Crippen LogP contribution in [0.1, 0.15) is 6.42 Å². The molecule has 0 fully saturated rings. The van der Waals surface area contributed by atoms with E-state index in [4.69, 9.17) is 20.4 Å². The number of rotatable bonds is 7. The second kappa shape index (κ2) is 7.22. The van der Waals surface area contributed by atoms with Gasteiger partial charge in [-0.3, -0.25) is 4.79 Å². The van der Waals surface area contributed by atoms with Crippen molar-refractivity contribution in [3.8, 4) is 0 Å². The summed E-state index contributed by atoms with van der Waals surface area (Å²) in [6, 6.07) is 0. The molecule has 10 heteroatoms. The van der Waals surface area contributed by atoms with Crippen molar-refractivity contribution < 1.29 is 44.3 Å². The van der Waals surface area contributed by atoms with E-state index in [2.05, 4.69) is 4.74 Å². The number of carboxylic acids is 4. The fourth-order valence-electron chi connectivity index (χ4n) is 0.815. The Labute approximate surface area is 116 Å². The summed E-state index contributed by atoms with van der Waals surface area (Å²) in [5.41, 5.74) is -3.09. The summed E-state index contributed by atoms with van der Waals surface area (Å²) in [6.07, 6.45) is -1.38. The average Bonchev–Trinajstić information content (AvgIpc) is 2.10. The van der Waals surface area contributed by atoms with Crippen molar-refractivity contribution in [3.63, 3.8) is 0 Å². The Hall–Kier alpha value is -1.16. The Balaban J connectivity index is 0. The van der Waals surface area contributed by atoms with E-state index in [-0.39, 0.29) is 29.6 Å². The van der Waals surface area contributed by atoms with Crippen LogP contribution in [0.3, 0.4) is 0 Å². The van der Waals surface area contributed by atoms with Gasteiger partial charge in [-0.25, -0.2) is 14.4 Å². The zero-order valence-electron chi connectivity index (χ0n) is 7.74. The van der Waals surface area contributed by atoms with Crippen molar-refractivity contribution in [2.45, 2.75) is 12.0 Å². The molecule has 0 heterocycles. The first-order valence-electron chi connectivity index (χ1n) is 3.76. The van der Waals surface area contributed by atoms with Gasteiger partial charge in [-0.15, -0.1) is 0 Å². The van der Waals surface area contributed by atoms with Gasteiger partial charge in [-0.2, -0.15) is 0 Å². The normalized spacial score (nSPS) is 10.1. The number of carboxylic acid groups (broad SMARTS) is 4. The Morgan fingerprint density at radius 1 is 0.882 bits per heavy atom. The zero-order valence-corrected chi connectivity index (χ0v) is 7.74. The van der Waals surface area contributed by atoms with Crippen LogP contribution in [0, 0.1) is 0 Å². The number of ether oxygens (including phenoxy) is 1. The summed E-state index contributed by atoms with van der Waals surface area (Å²) >= 11 is 0. The average molecular weight is 260 g/mol. The van der Waals surface area contributed by atoms with Gasteiger partial charge in [-0.05, 0) is 0 Å². The van der Waals surface area contributed by atoms with Gasteiger partial charge in [0, 0.05) is 0 Å². The zero-order chi connectivity index (χ0) is 12.9. The molecule has 0 aromatic rings. The number of hydrogen-bond acceptors (Lipinski definition) is 5. The first kappa shape index (κ1) is 18.2. The molecule has 0 radical (unpaired) electrons. The Kier molecular flexibility index (Phi) is 7.74. The van der Waals surface area contributed by atoms with E-state index in [1.807, 2.05) is 0 Å². The SMILES string of the molecule is O=C(O)COC(CC(=O)O)(C(=O)O)C(=O)O.[NaH]. The van der Waals surface area contributed by atoms with Gasteiger partial charge >= 0.3 is 53.4 Å². The van der Waals surface area contributed by atoms with Gasteiger partial charge < -0.3 is 25.2 Å². The minimum atomic E-state index is -3.09. The van der Waals surface area contributed by atoms with Crippen molar-refractivity contribution in [3.05, 3.63) is 0 Å². The maximum atomic E-state index is 10.6. The Bertz CT molecular complexity index is 322. The molecule has 92 valence electrons. The first-order valence-corrected chi connectivity index (χ1v) is 3.76. The number of carbonyl (C=O) groups is 4. The standard InChI is InChI=1S/C7H8O9.Na.H/c8-3(9)1-7(5(12)13,6(14)15)16-2-4(10)11;;/h1-2H2,(H,8,9)(H,10,11)(H,12,13)(H,14,15);;. The summed E-state index contributed by atoms with van der Waals surface area (Å²) in [7, 11) is 0. The fraction of sp³-hybridized carbons (Fsp3) is 0.429. The number of hydrogen-bond donors (Lipinski definition) is 4. The van der Waals surface area contributed by atoms with E-state index in [0.29, 0.717) is 0 Å². The van der Waals surface area contributed by atoms with Crippen molar-refractivity contribution in [1.82, 2.24) is 0 Å². The van der Waals surface area contributed by atoms with Gasteiger partial charge in [-0.1, -0.05) is 0 Å². The van der Waals surface area contributed by atoms with E-state index in [9.17, 15) is 19.2 Å². The van der Waals surface area contributed by atoms with Crippen LogP contribution < -0.4 is 0 Å². The van der Waals surface area contributed by atoms with Gasteiger partial charge in [0.05, 0.1) is 6.42 Å². The molecule has 0 aromatic carbocycles. The second-order valence-corrected chi connectivity index (χ2v) is 2.69. The Morgan fingerprint density at radius 3 is 1.53 bits per heavy atom. The van der Waals surface area contributed by atoms with Crippen molar-refractivity contribution in [1.29, 1.82) is 0 Å². The summed E-state index contributed by atoms with van der Waals surface area (Å²) in [5, 5.41) is 33.8. The van der Waals surface area contributed by atoms with E-state index in [1.54, 1.807) is 0 Å². The van der Waals surface area contributed by atoms with E-state index >= 15 is 0 Å². The molecular weight excluding hydrogens is 251 g/mol. The van der Waals surface area contributed by atoms with Crippen molar-refractivity contribution >= 4 is 53.4 Å². The molecule has 0 saturated heterocycles. The van der Waals surface area contributed by atoms with Gasteiger partial charge in [0.25, 0.3) is 5.60 Å². The molecule has 4 N–H and O–H groups in total. The number of aliphatic carboxylic acids is 4. The summed E-state index contributed by atoms with van der Waals surface area (Å²) < 4.78 is 4.15. The molecule has 0 amide bonds.